The molecule has 114 valence electrons. The molecule has 1 aromatic carbocycles. The molecule has 1 aromatic rings. The van der Waals surface area contributed by atoms with Gasteiger partial charge in [0, 0.05) is 31.7 Å². The molecule has 0 spiro atoms. The minimum absolute atomic E-state index is 0.0137. The van der Waals surface area contributed by atoms with Crippen LogP contribution in [0.25, 0.3) is 0 Å². The highest BCUT2D eigenvalue weighted by molar-refractivity contribution is 5.94. The standard InChI is InChI=1S/C16H22N2O3/c1-12(2)21-15-5-4-14(10-13(15)3)16(20)18-8-6-17(11-19)7-9-18/h4-5,10-12H,6-9H2,1-3H3. The summed E-state index contributed by atoms with van der Waals surface area (Å²) in [6, 6.07) is 5.52. The Morgan fingerprint density at radius 3 is 2.43 bits per heavy atom. The van der Waals surface area contributed by atoms with Crippen molar-refractivity contribution in [3.63, 3.8) is 0 Å². The number of carbonyl (C=O) groups is 2. The molecule has 0 atom stereocenters. The van der Waals surface area contributed by atoms with Gasteiger partial charge in [-0.3, -0.25) is 9.59 Å². The molecule has 2 rings (SSSR count). The number of carbonyl (C=O) groups excluding carboxylic acids is 2. The zero-order chi connectivity index (χ0) is 15.4. The second-order valence-corrected chi connectivity index (χ2v) is 5.58. The topological polar surface area (TPSA) is 49.9 Å². The summed E-state index contributed by atoms with van der Waals surface area (Å²) >= 11 is 0. The van der Waals surface area contributed by atoms with Crippen molar-refractivity contribution in [2.75, 3.05) is 26.2 Å². The van der Waals surface area contributed by atoms with Crippen LogP contribution in [0.3, 0.4) is 0 Å². The molecule has 0 aliphatic carbocycles. The third kappa shape index (κ3) is 3.74. The molecule has 0 radical (unpaired) electrons. The van der Waals surface area contributed by atoms with E-state index in [4.69, 9.17) is 4.74 Å². The molecule has 0 aromatic heterocycles. The lowest BCUT2D eigenvalue weighted by Gasteiger charge is -2.32. The first-order valence-electron chi connectivity index (χ1n) is 7.27. The van der Waals surface area contributed by atoms with Gasteiger partial charge in [-0.2, -0.15) is 0 Å². The monoisotopic (exact) mass is 290 g/mol. The molecule has 5 nitrogen and oxygen atoms in total. The van der Waals surface area contributed by atoms with E-state index in [0.717, 1.165) is 17.7 Å². The molecule has 0 N–H and O–H groups in total. The van der Waals surface area contributed by atoms with E-state index in [1.807, 2.05) is 32.9 Å². The molecule has 1 heterocycles. The number of rotatable bonds is 4. The summed E-state index contributed by atoms with van der Waals surface area (Å²) in [4.78, 5) is 26.6. The summed E-state index contributed by atoms with van der Waals surface area (Å²) in [5.41, 5.74) is 1.63. The Kier molecular flexibility index (Phi) is 4.83. The van der Waals surface area contributed by atoms with Crippen LogP contribution in [-0.2, 0) is 4.79 Å². The Hall–Kier alpha value is -2.04. The van der Waals surface area contributed by atoms with Gasteiger partial charge in [0.2, 0.25) is 6.41 Å². The molecule has 1 saturated heterocycles. The van der Waals surface area contributed by atoms with Gasteiger partial charge in [-0.05, 0) is 44.5 Å². The van der Waals surface area contributed by atoms with Gasteiger partial charge in [0.1, 0.15) is 5.75 Å². The highest BCUT2D eigenvalue weighted by Crippen LogP contribution is 2.21. The van der Waals surface area contributed by atoms with Crippen LogP contribution in [0.15, 0.2) is 18.2 Å². The average molecular weight is 290 g/mol. The van der Waals surface area contributed by atoms with Crippen LogP contribution < -0.4 is 4.74 Å². The van der Waals surface area contributed by atoms with Crippen molar-refractivity contribution in [2.45, 2.75) is 26.9 Å². The molecule has 0 saturated carbocycles. The molecular weight excluding hydrogens is 268 g/mol. The predicted molar refractivity (Wildman–Crippen MR) is 80.5 cm³/mol. The summed E-state index contributed by atoms with van der Waals surface area (Å²) in [7, 11) is 0. The molecule has 1 fully saturated rings. The zero-order valence-corrected chi connectivity index (χ0v) is 12.8. The minimum atomic E-state index is 0.0137. The first kappa shape index (κ1) is 15.4. The van der Waals surface area contributed by atoms with Crippen molar-refractivity contribution in [1.82, 2.24) is 9.80 Å². The van der Waals surface area contributed by atoms with Gasteiger partial charge in [0.05, 0.1) is 6.10 Å². The summed E-state index contributed by atoms with van der Waals surface area (Å²) in [5.74, 6) is 0.826. The number of nitrogens with zero attached hydrogens (tertiary/aromatic N) is 2. The average Bonchev–Trinajstić information content (AvgIpc) is 2.48. The number of amides is 2. The highest BCUT2D eigenvalue weighted by Gasteiger charge is 2.21. The Morgan fingerprint density at radius 2 is 1.90 bits per heavy atom. The van der Waals surface area contributed by atoms with Crippen molar-refractivity contribution in [3.8, 4) is 5.75 Å². The molecule has 5 heteroatoms. The van der Waals surface area contributed by atoms with E-state index in [2.05, 4.69) is 0 Å². The lowest BCUT2D eigenvalue weighted by Crippen LogP contribution is -2.48. The number of ether oxygens (including phenoxy) is 1. The first-order valence-corrected chi connectivity index (χ1v) is 7.27. The number of aryl methyl sites for hydroxylation is 1. The smallest absolute Gasteiger partial charge is 0.253 e. The maximum atomic E-state index is 12.5. The van der Waals surface area contributed by atoms with Crippen LogP contribution in [-0.4, -0.2) is 54.4 Å². The Morgan fingerprint density at radius 1 is 1.24 bits per heavy atom. The summed E-state index contributed by atoms with van der Waals surface area (Å²) in [6.07, 6.45) is 0.950. The Bertz CT molecular complexity index is 520. The summed E-state index contributed by atoms with van der Waals surface area (Å²) in [6.45, 7) is 8.27. The van der Waals surface area contributed by atoms with Crippen LogP contribution >= 0.6 is 0 Å². The van der Waals surface area contributed by atoms with Crippen molar-refractivity contribution in [1.29, 1.82) is 0 Å². The van der Waals surface area contributed by atoms with Gasteiger partial charge < -0.3 is 14.5 Å². The number of hydrogen-bond donors (Lipinski definition) is 0. The molecule has 21 heavy (non-hydrogen) atoms. The lowest BCUT2D eigenvalue weighted by atomic mass is 10.1. The third-order valence-electron chi connectivity index (χ3n) is 3.54. The largest absolute Gasteiger partial charge is 0.491 e. The minimum Gasteiger partial charge on any atom is -0.491 e. The van der Waals surface area contributed by atoms with Crippen LogP contribution in [0.4, 0.5) is 0 Å². The van der Waals surface area contributed by atoms with Crippen LogP contribution in [0.2, 0.25) is 0 Å². The number of piperazine rings is 1. The lowest BCUT2D eigenvalue weighted by molar-refractivity contribution is -0.119. The van der Waals surface area contributed by atoms with E-state index in [-0.39, 0.29) is 12.0 Å². The molecular formula is C16H22N2O3. The third-order valence-corrected chi connectivity index (χ3v) is 3.54. The number of hydrogen-bond acceptors (Lipinski definition) is 3. The fourth-order valence-electron chi connectivity index (χ4n) is 2.38. The van der Waals surface area contributed by atoms with Crippen molar-refractivity contribution in [3.05, 3.63) is 29.3 Å². The predicted octanol–water partition coefficient (Wildman–Crippen LogP) is 1.70. The normalized spacial score (nSPS) is 15.2. The van der Waals surface area contributed by atoms with Gasteiger partial charge in [-0.1, -0.05) is 0 Å². The second kappa shape index (κ2) is 6.61. The molecule has 0 bridgehead atoms. The van der Waals surface area contributed by atoms with Crippen LogP contribution in [0, 0.1) is 6.92 Å². The Balaban J connectivity index is 2.06. The van der Waals surface area contributed by atoms with Crippen LogP contribution in [0.1, 0.15) is 29.8 Å². The van der Waals surface area contributed by atoms with E-state index >= 15 is 0 Å². The quantitative estimate of drug-likeness (QED) is 0.793. The van der Waals surface area contributed by atoms with Crippen LogP contribution in [0.5, 0.6) is 5.75 Å². The van der Waals surface area contributed by atoms with E-state index in [1.54, 1.807) is 15.9 Å². The molecule has 1 aliphatic rings. The van der Waals surface area contributed by atoms with Crippen molar-refractivity contribution in [2.24, 2.45) is 0 Å². The highest BCUT2D eigenvalue weighted by atomic mass is 16.5. The zero-order valence-electron chi connectivity index (χ0n) is 12.8. The molecule has 0 unspecified atom stereocenters. The van der Waals surface area contributed by atoms with E-state index < -0.39 is 0 Å². The van der Waals surface area contributed by atoms with Gasteiger partial charge in [0.15, 0.2) is 0 Å². The number of benzene rings is 1. The van der Waals surface area contributed by atoms with Gasteiger partial charge >= 0.3 is 0 Å². The van der Waals surface area contributed by atoms with E-state index in [1.165, 1.54) is 0 Å². The molecule has 2 amide bonds. The first-order chi connectivity index (χ1) is 10.0. The van der Waals surface area contributed by atoms with Gasteiger partial charge in [-0.25, -0.2) is 0 Å². The summed E-state index contributed by atoms with van der Waals surface area (Å²) < 4.78 is 5.68. The van der Waals surface area contributed by atoms with Crippen molar-refractivity contribution >= 4 is 12.3 Å². The molecule has 1 aliphatic heterocycles. The van der Waals surface area contributed by atoms with E-state index in [0.29, 0.717) is 31.7 Å². The SMILES string of the molecule is Cc1cc(C(=O)N2CCN(C=O)CC2)ccc1OC(C)C. The van der Waals surface area contributed by atoms with Gasteiger partial charge in [0.25, 0.3) is 5.91 Å². The van der Waals surface area contributed by atoms with Gasteiger partial charge in [-0.15, -0.1) is 0 Å². The summed E-state index contributed by atoms with van der Waals surface area (Å²) in [5, 5.41) is 0. The fourth-order valence-corrected chi connectivity index (χ4v) is 2.38. The van der Waals surface area contributed by atoms with Crippen molar-refractivity contribution < 1.29 is 14.3 Å². The second-order valence-electron chi connectivity index (χ2n) is 5.58. The Labute approximate surface area is 125 Å². The fraction of sp³-hybridized carbons (Fsp3) is 0.500. The van der Waals surface area contributed by atoms with E-state index in [9.17, 15) is 9.59 Å². The maximum Gasteiger partial charge on any atom is 0.253 e. The maximum absolute atomic E-state index is 12.5.